The number of hydrogen-bond donors (Lipinski definition) is 3. The van der Waals surface area contributed by atoms with Gasteiger partial charge in [-0.05, 0) is 48.6 Å². The second kappa shape index (κ2) is 6.86. The molecule has 0 aliphatic carbocycles. The topological polar surface area (TPSA) is 104 Å². The van der Waals surface area contributed by atoms with E-state index >= 15 is 0 Å². The summed E-state index contributed by atoms with van der Waals surface area (Å²) >= 11 is 12.5. The smallest absolute Gasteiger partial charge is 0.335 e. The van der Waals surface area contributed by atoms with Crippen molar-refractivity contribution in [3.8, 4) is 0 Å². The van der Waals surface area contributed by atoms with Crippen LogP contribution in [0.15, 0.2) is 47.3 Å². The second-order valence-corrected chi connectivity index (χ2v) is 7.92. The molecule has 10 heteroatoms. The molecule has 28 heavy (non-hydrogen) atoms. The van der Waals surface area contributed by atoms with E-state index < -0.39 is 11.9 Å². The number of amides is 1. The molecular weight excluding hydrogens is 422 g/mol. The number of hydrogen-bond acceptors (Lipinski definition) is 5. The first-order chi connectivity index (χ1) is 13.3. The molecule has 2 aromatic carbocycles. The maximum absolute atomic E-state index is 12.8. The Morgan fingerprint density at radius 2 is 2.00 bits per heavy atom. The van der Waals surface area contributed by atoms with Crippen LogP contribution in [0, 0.1) is 3.95 Å². The Labute approximate surface area is 170 Å². The number of benzene rings is 2. The largest absolute Gasteiger partial charge is 0.478 e. The van der Waals surface area contributed by atoms with Crippen molar-refractivity contribution >= 4 is 69.3 Å². The average molecular weight is 432 g/mol. The zero-order valence-corrected chi connectivity index (χ0v) is 16.2. The fraction of sp³-hybridized carbons (Fsp3) is 0. The minimum absolute atomic E-state index is 0.0428. The number of aromatic amines is 1. The lowest BCUT2D eigenvalue weighted by Crippen LogP contribution is -2.15. The van der Waals surface area contributed by atoms with Gasteiger partial charge in [0.2, 0.25) is 0 Å². The highest BCUT2D eigenvalue weighted by Gasteiger charge is 2.18. The van der Waals surface area contributed by atoms with Gasteiger partial charge in [-0.15, -0.1) is 0 Å². The number of aromatic carboxylic acids is 1. The van der Waals surface area contributed by atoms with Crippen molar-refractivity contribution in [1.29, 1.82) is 0 Å². The molecule has 0 saturated carbocycles. The first-order valence-corrected chi connectivity index (χ1v) is 9.47. The maximum atomic E-state index is 12.8. The van der Waals surface area contributed by atoms with Crippen LogP contribution in [-0.4, -0.2) is 26.4 Å². The number of thiazole rings is 1. The monoisotopic (exact) mass is 431 g/mol. The van der Waals surface area contributed by atoms with Crippen LogP contribution in [0.5, 0.6) is 0 Å². The fourth-order valence-electron chi connectivity index (χ4n) is 2.83. The van der Waals surface area contributed by atoms with E-state index in [1.807, 2.05) is 0 Å². The number of carbonyl (C=O) groups is 2. The van der Waals surface area contributed by atoms with Gasteiger partial charge < -0.3 is 15.4 Å². The van der Waals surface area contributed by atoms with Gasteiger partial charge in [-0.1, -0.05) is 29.0 Å². The Morgan fingerprint density at radius 1 is 1.21 bits per heavy atom. The average Bonchev–Trinajstić information content (AvgIpc) is 2.98. The quantitative estimate of drug-likeness (QED) is 0.422. The number of anilines is 1. The molecule has 4 rings (SSSR count). The number of fused-ring (bicyclic) bond motifs is 3. The van der Waals surface area contributed by atoms with Crippen LogP contribution in [0.3, 0.4) is 0 Å². The summed E-state index contributed by atoms with van der Waals surface area (Å²) in [5, 5.41) is 12.5. The standard InChI is InChI=1S/C18H10ClN3O4S2/c19-9-4-5-11-12(7-9)22-14(21-15(11)23)13(28-18(22)27)16(24)20-10-3-1-2-8(6-10)17(25)26/h1-7H,(H,20,24)(H,21,23)(H,25,26). The van der Waals surface area contributed by atoms with Crippen molar-refractivity contribution in [2.24, 2.45) is 0 Å². The van der Waals surface area contributed by atoms with Crippen molar-refractivity contribution in [2.45, 2.75) is 0 Å². The molecule has 0 bridgehead atoms. The fourth-order valence-corrected chi connectivity index (χ4v) is 4.28. The SMILES string of the molecule is O=C(O)c1cccc(NC(=O)c2sc(=S)n3c2[nH]c(=O)c2ccc(Cl)cc23)c1. The summed E-state index contributed by atoms with van der Waals surface area (Å²) in [6, 6.07) is 10.7. The molecule has 0 saturated heterocycles. The lowest BCUT2D eigenvalue weighted by atomic mass is 10.2. The molecule has 2 aromatic heterocycles. The molecular formula is C18H10ClN3O4S2. The molecule has 0 atom stereocenters. The second-order valence-electron chi connectivity index (χ2n) is 5.84. The van der Waals surface area contributed by atoms with Gasteiger partial charge in [0, 0.05) is 10.7 Å². The maximum Gasteiger partial charge on any atom is 0.335 e. The van der Waals surface area contributed by atoms with Gasteiger partial charge in [0.15, 0.2) is 3.95 Å². The van der Waals surface area contributed by atoms with Gasteiger partial charge in [-0.25, -0.2) is 4.79 Å². The molecule has 0 unspecified atom stereocenters. The van der Waals surface area contributed by atoms with E-state index in [-0.39, 0.29) is 21.6 Å². The van der Waals surface area contributed by atoms with Crippen LogP contribution in [0.1, 0.15) is 20.0 Å². The minimum atomic E-state index is -1.10. The molecule has 0 fully saturated rings. The van der Waals surface area contributed by atoms with Crippen LogP contribution in [0.4, 0.5) is 5.69 Å². The lowest BCUT2D eigenvalue weighted by Gasteiger charge is -2.06. The molecule has 140 valence electrons. The molecule has 4 aromatic rings. The number of carbonyl (C=O) groups excluding carboxylic acids is 1. The van der Waals surface area contributed by atoms with E-state index in [1.165, 1.54) is 18.2 Å². The summed E-state index contributed by atoms with van der Waals surface area (Å²) in [6.45, 7) is 0. The molecule has 7 nitrogen and oxygen atoms in total. The molecule has 0 spiro atoms. The summed E-state index contributed by atoms with van der Waals surface area (Å²) in [4.78, 5) is 39.2. The van der Waals surface area contributed by atoms with E-state index in [2.05, 4.69) is 10.3 Å². The summed E-state index contributed by atoms with van der Waals surface area (Å²) in [7, 11) is 0. The number of nitrogens with zero attached hydrogens (tertiary/aromatic N) is 1. The number of rotatable bonds is 3. The van der Waals surface area contributed by atoms with Crippen molar-refractivity contribution in [3.05, 3.63) is 72.2 Å². The van der Waals surface area contributed by atoms with Gasteiger partial charge in [0.25, 0.3) is 11.5 Å². The van der Waals surface area contributed by atoms with Crippen molar-refractivity contribution < 1.29 is 14.7 Å². The van der Waals surface area contributed by atoms with Gasteiger partial charge in [-0.2, -0.15) is 0 Å². The van der Waals surface area contributed by atoms with Crippen LogP contribution in [0.2, 0.25) is 5.02 Å². The minimum Gasteiger partial charge on any atom is -0.478 e. The summed E-state index contributed by atoms with van der Waals surface area (Å²) in [5.41, 5.74) is 0.734. The zero-order chi connectivity index (χ0) is 20.0. The Hall–Kier alpha value is -3.01. The van der Waals surface area contributed by atoms with Crippen molar-refractivity contribution in [1.82, 2.24) is 9.38 Å². The van der Waals surface area contributed by atoms with Gasteiger partial charge in [0.1, 0.15) is 10.5 Å². The zero-order valence-electron chi connectivity index (χ0n) is 13.9. The summed E-state index contributed by atoms with van der Waals surface area (Å²) in [5.74, 6) is -1.62. The van der Waals surface area contributed by atoms with Crippen LogP contribution >= 0.6 is 35.2 Å². The third-order valence-electron chi connectivity index (χ3n) is 4.06. The molecule has 1 amide bonds. The third kappa shape index (κ3) is 3.09. The normalized spacial score (nSPS) is 11.0. The number of halogens is 1. The van der Waals surface area contributed by atoms with Crippen molar-refractivity contribution in [3.63, 3.8) is 0 Å². The van der Waals surface area contributed by atoms with Crippen LogP contribution < -0.4 is 10.9 Å². The van der Waals surface area contributed by atoms with Gasteiger partial charge >= 0.3 is 5.97 Å². The predicted molar refractivity (Wildman–Crippen MR) is 111 cm³/mol. The number of carboxylic acids is 1. The Morgan fingerprint density at radius 3 is 2.75 bits per heavy atom. The Balaban J connectivity index is 1.85. The summed E-state index contributed by atoms with van der Waals surface area (Å²) < 4.78 is 1.95. The predicted octanol–water partition coefficient (Wildman–Crippen LogP) is 4.18. The molecule has 0 aliphatic rings. The van der Waals surface area contributed by atoms with E-state index in [0.29, 0.717) is 25.6 Å². The number of aromatic nitrogens is 2. The van der Waals surface area contributed by atoms with Gasteiger partial charge in [-0.3, -0.25) is 14.0 Å². The number of carboxylic acid groups (broad SMARTS) is 1. The first-order valence-electron chi connectivity index (χ1n) is 7.87. The van der Waals surface area contributed by atoms with Crippen molar-refractivity contribution in [2.75, 3.05) is 5.32 Å². The Bertz CT molecular complexity index is 1400. The Kier molecular flexibility index (Phi) is 4.50. The van der Waals surface area contributed by atoms with E-state index in [4.69, 9.17) is 28.9 Å². The number of H-pyrrole nitrogens is 1. The molecule has 0 aliphatic heterocycles. The first kappa shape index (κ1) is 18.4. The lowest BCUT2D eigenvalue weighted by molar-refractivity contribution is 0.0696. The van der Waals surface area contributed by atoms with Gasteiger partial charge in [0.05, 0.1) is 16.5 Å². The van der Waals surface area contributed by atoms with E-state index in [0.717, 1.165) is 11.3 Å². The van der Waals surface area contributed by atoms with E-state index in [1.54, 1.807) is 28.7 Å². The third-order valence-corrected chi connectivity index (χ3v) is 5.67. The summed E-state index contributed by atoms with van der Waals surface area (Å²) in [6.07, 6.45) is 0. The molecule has 2 heterocycles. The van der Waals surface area contributed by atoms with Crippen LogP contribution in [-0.2, 0) is 0 Å². The highest BCUT2D eigenvalue weighted by Crippen LogP contribution is 2.25. The van der Waals surface area contributed by atoms with Crippen LogP contribution in [0.25, 0.3) is 16.6 Å². The number of nitrogens with one attached hydrogen (secondary N) is 2. The molecule has 0 radical (unpaired) electrons. The highest BCUT2D eigenvalue weighted by molar-refractivity contribution is 7.73. The molecule has 3 N–H and O–H groups in total. The van der Waals surface area contributed by atoms with E-state index in [9.17, 15) is 14.4 Å². The highest BCUT2D eigenvalue weighted by atomic mass is 35.5.